The molecule has 1 aliphatic rings. The molecular formula is C29H54O4. The van der Waals surface area contributed by atoms with Gasteiger partial charge in [0, 0.05) is 0 Å². The quantitative estimate of drug-likeness (QED) is 0.133. The summed E-state index contributed by atoms with van der Waals surface area (Å²) in [4.78, 5) is 25.5. The van der Waals surface area contributed by atoms with Crippen molar-refractivity contribution >= 4 is 11.9 Å². The van der Waals surface area contributed by atoms with Gasteiger partial charge >= 0.3 is 11.9 Å². The zero-order valence-electron chi connectivity index (χ0n) is 22.2. The molecule has 0 aromatic rings. The lowest BCUT2D eigenvalue weighted by Gasteiger charge is -2.29. The molecule has 1 rings (SSSR count). The molecule has 0 spiro atoms. The minimum absolute atomic E-state index is 0.179. The van der Waals surface area contributed by atoms with Crippen LogP contribution in [0.25, 0.3) is 0 Å². The third-order valence-electron chi connectivity index (χ3n) is 7.37. The van der Waals surface area contributed by atoms with Crippen LogP contribution in [0.4, 0.5) is 0 Å². The van der Waals surface area contributed by atoms with Crippen LogP contribution in [0.3, 0.4) is 0 Å². The Morgan fingerprint density at radius 2 is 1.15 bits per heavy atom. The number of ether oxygens (including phenoxy) is 2. The molecule has 0 amide bonds. The number of carbonyl (C=O) groups is 2. The van der Waals surface area contributed by atoms with Gasteiger partial charge in [-0.2, -0.15) is 0 Å². The van der Waals surface area contributed by atoms with E-state index in [0.29, 0.717) is 19.1 Å². The van der Waals surface area contributed by atoms with Crippen molar-refractivity contribution in [1.82, 2.24) is 0 Å². The molecule has 1 fully saturated rings. The van der Waals surface area contributed by atoms with Crippen LogP contribution in [0.2, 0.25) is 0 Å². The highest BCUT2D eigenvalue weighted by Crippen LogP contribution is 2.32. The van der Waals surface area contributed by atoms with Gasteiger partial charge in [-0.05, 0) is 31.6 Å². The third kappa shape index (κ3) is 14.1. The Morgan fingerprint density at radius 1 is 0.667 bits per heavy atom. The van der Waals surface area contributed by atoms with Crippen LogP contribution < -0.4 is 0 Å². The van der Waals surface area contributed by atoms with E-state index in [4.69, 9.17) is 9.47 Å². The molecule has 0 aromatic heterocycles. The number of esters is 2. The predicted molar refractivity (Wildman–Crippen MR) is 137 cm³/mol. The first-order chi connectivity index (χ1) is 16.1. The molecule has 3 atom stereocenters. The highest BCUT2D eigenvalue weighted by Gasteiger charge is 2.38. The van der Waals surface area contributed by atoms with Crippen LogP contribution in [0.1, 0.15) is 143 Å². The largest absolute Gasteiger partial charge is 0.465 e. The Balaban J connectivity index is 2.20. The van der Waals surface area contributed by atoms with E-state index in [2.05, 4.69) is 20.8 Å². The molecule has 4 heteroatoms. The van der Waals surface area contributed by atoms with E-state index in [-0.39, 0.29) is 23.8 Å². The SMILES string of the molecule is CCCCCCCCCCCCCOC(=O)C1CCCCC1C(=O)OCC(CC)CCCC. The van der Waals surface area contributed by atoms with Crippen LogP contribution in [-0.4, -0.2) is 25.2 Å². The Labute approximate surface area is 205 Å². The number of rotatable bonds is 20. The van der Waals surface area contributed by atoms with Gasteiger partial charge in [0.1, 0.15) is 0 Å². The minimum Gasteiger partial charge on any atom is -0.465 e. The summed E-state index contributed by atoms with van der Waals surface area (Å²) in [5.74, 6) is -0.547. The molecular weight excluding hydrogens is 412 g/mol. The van der Waals surface area contributed by atoms with E-state index in [9.17, 15) is 9.59 Å². The van der Waals surface area contributed by atoms with Crippen molar-refractivity contribution in [2.24, 2.45) is 17.8 Å². The molecule has 3 unspecified atom stereocenters. The maximum Gasteiger partial charge on any atom is 0.309 e. The summed E-state index contributed by atoms with van der Waals surface area (Å²) in [7, 11) is 0. The summed E-state index contributed by atoms with van der Waals surface area (Å²) in [6, 6.07) is 0. The Hall–Kier alpha value is -1.06. The minimum atomic E-state index is -0.313. The standard InChI is InChI=1S/C29H54O4/c1-4-7-9-10-11-12-13-14-15-16-19-23-32-28(30)26-21-17-18-22-27(26)29(31)33-24-25(6-3)20-8-5-2/h25-27H,4-24H2,1-3H3. The molecule has 4 nitrogen and oxygen atoms in total. The molecule has 0 radical (unpaired) electrons. The predicted octanol–water partition coefficient (Wildman–Crippen LogP) is 8.41. The Morgan fingerprint density at radius 3 is 1.67 bits per heavy atom. The lowest BCUT2D eigenvalue weighted by Crippen LogP contribution is -2.35. The first-order valence-corrected chi connectivity index (χ1v) is 14.5. The van der Waals surface area contributed by atoms with Gasteiger partial charge < -0.3 is 9.47 Å². The molecule has 0 saturated heterocycles. The molecule has 33 heavy (non-hydrogen) atoms. The van der Waals surface area contributed by atoms with E-state index in [1.165, 1.54) is 70.6 Å². The number of carbonyl (C=O) groups excluding carboxylic acids is 2. The van der Waals surface area contributed by atoms with Crippen LogP contribution in [-0.2, 0) is 19.1 Å². The fourth-order valence-corrected chi connectivity index (χ4v) is 4.95. The maximum atomic E-state index is 12.8. The second-order valence-electron chi connectivity index (χ2n) is 10.2. The average Bonchev–Trinajstić information content (AvgIpc) is 2.84. The summed E-state index contributed by atoms with van der Waals surface area (Å²) in [6.45, 7) is 7.59. The van der Waals surface area contributed by atoms with Crippen molar-refractivity contribution in [3.63, 3.8) is 0 Å². The summed E-state index contributed by atoms with van der Waals surface area (Å²) in [6.07, 6.45) is 22.1. The fraction of sp³-hybridized carbons (Fsp3) is 0.931. The van der Waals surface area contributed by atoms with Gasteiger partial charge in [0.05, 0.1) is 25.0 Å². The van der Waals surface area contributed by atoms with Crippen molar-refractivity contribution in [2.45, 2.75) is 143 Å². The van der Waals surface area contributed by atoms with Crippen LogP contribution >= 0.6 is 0 Å². The van der Waals surface area contributed by atoms with Gasteiger partial charge in [-0.1, -0.05) is 117 Å². The molecule has 1 aliphatic carbocycles. The van der Waals surface area contributed by atoms with Gasteiger partial charge in [0.25, 0.3) is 0 Å². The number of hydrogen-bond donors (Lipinski definition) is 0. The molecule has 0 aromatic carbocycles. The van der Waals surface area contributed by atoms with Gasteiger partial charge in [-0.25, -0.2) is 0 Å². The van der Waals surface area contributed by atoms with Gasteiger partial charge in [-0.15, -0.1) is 0 Å². The molecule has 194 valence electrons. The lowest BCUT2D eigenvalue weighted by molar-refractivity contribution is -0.163. The summed E-state index contributed by atoms with van der Waals surface area (Å²) in [5, 5.41) is 0. The second-order valence-corrected chi connectivity index (χ2v) is 10.2. The van der Waals surface area contributed by atoms with Crippen LogP contribution in [0, 0.1) is 17.8 Å². The maximum absolute atomic E-state index is 12.8. The van der Waals surface area contributed by atoms with Crippen molar-refractivity contribution in [3.8, 4) is 0 Å². The third-order valence-corrected chi connectivity index (χ3v) is 7.37. The second kappa shape index (κ2) is 20.3. The zero-order valence-corrected chi connectivity index (χ0v) is 22.2. The van der Waals surface area contributed by atoms with Gasteiger partial charge in [0.15, 0.2) is 0 Å². The van der Waals surface area contributed by atoms with Crippen LogP contribution in [0.5, 0.6) is 0 Å². The van der Waals surface area contributed by atoms with Crippen molar-refractivity contribution < 1.29 is 19.1 Å². The fourth-order valence-electron chi connectivity index (χ4n) is 4.95. The molecule has 0 aliphatic heterocycles. The normalized spacial score (nSPS) is 19.2. The first kappa shape index (κ1) is 30.0. The topological polar surface area (TPSA) is 52.6 Å². The Kier molecular flexibility index (Phi) is 18.5. The zero-order chi connectivity index (χ0) is 24.2. The summed E-state index contributed by atoms with van der Waals surface area (Å²) >= 11 is 0. The van der Waals surface area contributed by atoms with Gasteiger partial charge in [0.2, 0.25) is 0 Å². The number of hydrogen-bond acceptors (Lipinski definition) is 4. The Bertz CT molecular complexity index is 490. The van der Waals surface area contributed by atoms with E-state index in [1.54, 1.807) is 0 Å². The molecule has 0 heterocycles. The monoisotopic (exact) mass is 466 g/mol. The van der Waals surface area contributed by atoms with E-state index >= 15 is 0 Å². The first-order valence-electron chi connectivity index (χ1n) is 14.5. The van der Waals surface area contributed by atoms with E-state index in [1.807, 2.05) is 0 Å². The van der Waals surface area contributed by atoms with Gasteiger partial charge in [-0.3, -0.25) is 9.59 Å². The molecule has 0 bridgehead atoms. The lowest BCUT2D eigenvalue weighted by atomic mass is 9.79. The van der Waals surface area contributed by atoms with Crippen molar-refractivity contribution in [3.05, 3.63) is 0 Å². The highest BCUT2D eigenvalue weighted by atomic mass is 16.5. The van der Waals surface area contributed by atoms with E-state index in [0.717, 1.165) is 51.4 Å². The number of unbranched alkanes of at least 4 members (excludes halogenated alkanes) is 11. The summed E-state index contributed by atoms with van der Waals surface area (Å²) in [5.41, 5.74) is 0. The summed E-state index contributed by atoms with van der Waals surface area (Å²) < 4.78 is 11.3. The highest BCUT2D eigenvalue weighted by molar-refractivity contribution is 5.82. The molecule has 0 N–H and O–H groups in total. The van der Waals surface area contributed by atoms with Crippen LogP contribution in [0.15, 0.2) is 0 Å². The smallest absolute Gasteiger partial charge is 0.309 e. The van der Waals surface area contributed by atoms with Crippen molar-refractivity contribution in [2.75, 3.05) is 13.2 Å². The van der Waals surface area contributed by atoms with E-state index < -0.39 is 0 Å². The van der Waals surface area contributed by atoms with Crippen molar-refractivity contribution in [1.29, 1.82) is 0 Å². The molecule has 1 saturated carbocycles. The average molecular weight is 467 g/mol.